The number of nitrogens with zero attached hydrogens (tertiary/aromatic N) is 2. The van der Waals surface area contributed by atoms with E-state index in [-0.39, 0.29) is 17.0 Å². The predicted molar refractivity (Wildman–Crippen MR) is 101 cm³/mol. The zero-order valence-electron chi connectivity index (χ0n) is 14.7. The van der Waals surface area contributed by atoms with Crippen LogP contribution in [0.5, 0.6) is 0 Å². The highest BCUT2D eigenvalue weighted by Gasteiger charge is 2.19. The normalized spacial score (nSPS) is 11.5. The molecule has 2 heterocycles. The number of benzene rings is 1. The molecule has 27 heavy (non-hydrogen) atoms. The van der Waals surface area contributed by atoms with Gasteiger partial charge < -0.3 is 4.42 Å². The summed E-state index contributed by atoms with van der Waals surface area (Å²) in [6.45, 7) is 3.70. The van der Waals surface area contributed by atoms with Gasteiger partial charge in [-0.05, 0) is 43.2 Å². The molecule has 0 aliphatic heterocycles. The summed E-state index contributed by atoms with van der Waals surface area (Å²) in [6, 6.07) is 7.74. The largest absolute Gasteiger partial charge is 0.468 e. The van der Waals surface area contributed by atoms with E-state index < -0.39 is 15.9 Å². The molecule has 10 heteroatoms. The fourth-order valence-corrected chi connectivity index (χ4v) is 3.98. The van der Waals surface area contributed by atoms with E-state index in [1.54, 1.807) is 25.1 Å². The Bertz CT molecular complexity index is 1040. The van der Waals surface area contributed by atoms with Crippen LogP contribution >= 0.6 is 11.3 Å². The number of aromatic nitrogens is 2. The molecule has 0 bridgehead atoms. The molecule has 2 aromatic heterocycles. The van der Waals surface area contributed by atoms with E-state index in [1.807, 2.05) is 6.92 Å². The van der Waals surface area contributed by atoms with Crippen molar-refractivity contribution in [1.29, 1.82) is 0 Å². The van der Waals surface area contributed by atoms with Crippen LogP contribution in [0.3, 0.4) is 0 Å². The highest BCUT2D eigenvalue weighted by molar-refractivity contribution is 7.89. The molecule has 0 saturated carbocycles. The van der Waals surface area contributed by atoms with Crippen LogP contribution < -0.4 is 10.0 Å². The van der Waals surface area contributed by atoms with E-state index in [0.717, 1.165) is 11.4 Å². The zero-order valence-corrected chi connectivity index (χ0v) is 16.4. The van der Waals surface area contributed by atoms with Crippen molar-refractivity contribution in [3.8, 4) is 0 Å². The van der Waals surface area contributed by atoms with Crippen molar-refractivity contribution in [1.82, 2.24) is 14.9 Å². The Hall–Kier alpha value is -2.56. The van der Waals surface area contributed by atoms with Crippen molar-refractivity contribution >= 4 is 32.4 Å². The number of hydrogen-bond donors (Lipinski definition) is 2. The molecule has 0 fully saturated rings. The molecule has 142 valence electrons. The van der Waals surface area contributed by atoms with Gasteiger partial charge in [0.25, 0.3) is 5.91 Å². The third-order valence-electron chi connectivity index (χ3n) is 3.77. The molecular formula is C17H18N4O4S2. The van der Waals surface area contributed by atoms with Crippen molar-refractivity contribution in [3.63, 3.8) is 0 Å². The number of anilines is 1. The molecule has 0 spiro atoms. The van der Waals surface area contributed by atoms with Crippen molar-refractivity contribution < 1.29 is 17.6 Å². The first-order valence-corrected chi connectivity index (χ1v) is 10.5. The lowest BCUT2D eigenvalue weighted by Crippen LogP contribution is -2.24. The molecule has 8 nitrogen and oxygen atoms in total. The Morgan fingerprint density at radius 2 is 2.07 bits per heavy atom. The standard InChI is InChI=1S/C17H18N4O4S2/c1-3-15-20-21-17(26-15)19-16(22)14-9-13(7-6-11(14)2)27(23,24)18-10-12-5-4-8-25-12/h4-9,18H,3,10H2,1-2H3,(H,19,21,22). The average Bonchev–Trinajstić information content (AvgIpc) is 3.31. The van der Waals surface area contributed by atoms with Gasteiger partial charge in [0.1, 0.15) is 10.8 Å². The lowest BCUT2D eigenvalue weighted by molar-refractivity contribution is 0.102. The first-order chi connectivity index (χ1) is 12.9. The van der Waals surface area contributed by atoms with E-state index in [1.165, 1.54) is 29.7 Å². The number of carbonyl (C=O) groups is 1. The van der Waals surface area contributed by atoms with Gasteiger partial charge in [0.15, 0.2) is 0 Å². The van der Waals surface area contributed by atoms with Gasteiger partial charge in [-0.15, -0.1) is 10.2 Å². The molecule has 2 N–H and O–H groups in total. The summed E-state index contributed by atoms with van der Waals surface area (Å²) in [5.74, 6) is 0.0565. The molecule has 0 radical (unpaired) electrons. The van der Waals surface area contributed by atoms with Crippen LogP contribution in [-0.2, 0) is 23.0 Å². The Kier molecular flexibility index (Phi) is 5.68. The van der Waals surface area contributed by atoms with Crippen LogP contribution in [0, 0.1) is 6.92 Å². The molecule has 3 aromatic rings. The maximum Gasteiger partial charge on any atom is 0.257 e. The minimum absolute atomic E-state index is 0.00341. The van der Waals surface area contributed by atoms with E-state index >= 15 is 0 Å². The lowest BCUT2D eigenvalue weighted by Gasteiger charge is -2.10. The van der Waals surface area contributed by atoms with Gasteiger partial charge in [-0.3, -0.25) is 10.1 Å². The van der Waals surface area contributed by atoms with Gasteiger partial charge in [0, 0.05) is 5.56 Å². The first-order valence-electron chi connectivity index (χ1n) is 8.15. The Labute approximate surface area is 160 Å². The van der Waals surface area contributed by atoms with Crippen molar-refractivity contribution in [2.24, 2.45) is 0 Å². The topological polar surface area (TPSA) is 114 Å². The monoisotopic (exact) mass is 406 g/mol. The minimum atomic E-state index is -3.80. The van der Waals surface area contributed by atoms with Crippen molar-refractivity contribution in [3.05, 3.63) is 58.5 Å². The number of rotatable bonds is 7. The second-order valence-corrected chi connectivity index (χ2v) is 8.52. The fraction of sp³-hybridized carbons (Fsp3) is 0.235. The van der Waals surface area contributed by atoms with E-state index in [4.69, 9.17) is 4.42 Å². The molecule has 0 aliphatic rings. The Morgan fingerprint density at radius 1 is 1.26 bits per heavy atom. The molecule has 0 saturated heterocycles. The lowest BCUT2D eigenvalue weighted by atomic mass is 10.1. The van der Waals surface area contributed by atoms with Gasteiger partial charge in [0.05, 0.1) is 17.7 Å². The summed E-state index contributed by atoms with van der Waals surface area (Å²) in [5.41, 5.74) is 0.904. The molecule has 3 rings (SSSR count). The van der Waals surface area contributed by atoms with E-state index in [0.29, 0.717) is 16.5 Å². The number of nitrogens with one attached hydrogen (secondary N) is 2. The number of sulfonamides is 1. The van der Waals surface area contributed by atoms with Crippen LogP contribution in [0.4, 0.5) is 5.13 Å². The second kappa shape index (κ2) is 7.99. The number of hydrogen-bond acceptors (Lipinski definition) is 7. The number of carbonyl (C=O) groups excluding carboxylic acids is 1. The van der Waals surface area contributed by atoms with Gasteiger partial charge in [-0.25, -0.2) is 13.1 Å². The van der Waals surface area contributed by atoms with Gasteiger partial charge in [-0.1, -0.05) is 24.3 Å². The van der Waals surface area contributed by atoms with Gasteiger partial charge >= 0.3 is 0 Å². The third kappa shape index (κ3) is 4.59. The Balaban J connectivity index is 1.79. The van der Waals surface area contributed by atoms with E-state index in [2.05, 4.69) is 20.2 Å². The summed E-state index contributed by atoms with van der Waals surface area (Å²) >= 11 is 1.28. The summed E-state index contributed by atoms with van der Waals surface area (Å²) in [5, 5.41) is 11.7. The fourth-order valence-electron chi connectivity index (χ4n) is 2.29. The number of amides is 1. The molecule has 0 atom stereocenters. The third-order valence-corrected chi connectivity index (χ3v) is 6.15. The SMILES string of the molecule is CCc1nnc(NC(=O)c2cc(S(=O)(=O)NCc3ccco3)ccc2C)s1. The summed E-state index contributed by atoms with van der Waals surface area (Å²) < 4.78 is 32.6. The van der Waals surface area contributed by atoms with Crippen LogP contribution in [0.15, 0.2) is 45.9 Å². The van der Waals surface area contributed by atoms with E-state index in [9.17, 15) is 13.2 Å². The summed E-state index contributed by atoms with van der Waals surface area (Å²) in [4.78, 5) is 12.6. The molecule has 1 amide bonds. The predicted octanol–water partition coefficient (Wildman–Crippen LogP) is 2.73. The Morgan fingerprint density at radius 3 is 2.74 bits per heavy atom. The quantitative estimate of drug-likeness (QED) is 0.624. The molecule has 0 unspecified atom stereocenters. The molecular weight excluding hydrogens is 388 g/mol. The van der Waals surface area contributed by atoms with Crippen LogP contribution in [0.25, 0.3) is 0 Å². The van der Waals surface area contributed by atoms with Gasteiger partial charge in [0.2, 0.25) is 15.2 Å². The number of furan rings is 1. The molecule has 0 aliphatic carbocycles. The maximum absolute atomic E-state index is 12.6. The van der Waals surface area contributed by atoms with Crippen LogP contribution in [0.1, 0.15) is 33.6 Å². The second-order valence-electron chi connectivity index (χ2n) is 5.69. The van der Waals surface area contributed by atoms with Crippen molar-refractivity contribution in [2.45, 2.75) is 31.7 Å². The number of aryl methyl sites for hydroxylation is 2. The van der Waals surface area contributed by atoms with Gasteiger partial charge in [-0.2, -0.15) is 0 Å². The average molecular weight is 406 g/mol. The van der Waals surface area contributed by atoms with Crippen LogP contribution in [0.2, 0.25) is 0 Å². The summed E-state index contributed by atoms with van der Waals surface area (Å²) in [6.07, 6.45) is 2.19. The molecule has 1 aromatic carbocycles. The highest BCUT2D eigenvalue weighted by Crippen LogP contribution is 2.20. The summed E-state index contributed by atoms with van der Waals surface area (Å²) in [7, 11) is -3.80. The first kappa shape index (κ1) is 19.2. The smallest absolute Gasteiger partial charge is 0.257 e. The highest BCUT2D eigenvalue weighted by atomic mass is 32.2. The van der Waals surface area contributed by atoms with Crippen molar-refractivity contribution in [2.75, 3.05) is 5.32 Å². The van der Waals surface area contributed by atoms with Crippen LogP contribution in [-0.4, -0.2) is 24.5 Å². The maximum atomic E-state index is 12.6. The minimum Gasteiger partial charge on any atom is -0.468 e. The zero-order chi connectivity index (χ0) is 19.4.